The minimum absolute atomic E-state index is 0. The number of carbonyl (C=O) groups is 1. The molecule has 1 aliphatic heterocycles. The van der Waals surface area contributed by atoms with Crippen LogP contribution < -0.4 is 14.8 Å². The molecule has 1 N–H and O–H groups in total. The van der Waals surface area contributed by atoms with Gasteiger partial charge in [0.2, 0.25) is 0 Å². The van der Waals surface area contributed by atoms with Crippen molar-refractivity contribution in [1.29, 1.82) is 0 Å². The molecular formula is C16H22ClNO3. The highest BCUT2D eigenvalue weighted by Crippen LogP contribution is 2.39. The average molecular weight is 312 g/mol. The van der Waals surface area contributed by atoms with Crippen LogP contribution in [0.4, 0.5) is 0 Å². The van der Waals surface area contributed by atoms with Gasteiger partial charge in [0.1, 0.15) is 0 Å². The molecular weight excluding hydrogens is 290 g/mol. The second-order valence-electron chi connectivity index (χ2n) is 5.66. The summed E-state index contributed by atoms with van der Waals surface area (Å²) in [6, 6.07) is 3.79. The van der Waals surface area contributed by atoms with E-state index in [4.69, 9.17) is 9.47 Å². The van der Waals surface area contributed by atoms with Gasteiger partial charge in [0.05, 0.1) is 19.8 Å². The van der Waals surface area contributed by atoms with Crippen LogP contribution in [0.2, 0.25) is 0 Å². The number of methoxy groups -OCH3 is 2. The van der Waals surface area contributed by atoms with Crippen LogP contribution >= 0.6 is 12.4 Å². The summed E-state index contributed by atoms with van der Waals surface area (Å²) >= 11 is 0. The summed E-state index contributed by atoms with van der Waals surface area (Å²) in [6.07, 6.45) is 5.03. The number of fused-ring (bicyclic) bond motifs is 1. The van der Waals surface area contributed by atoms with Crippen molar-refractivity contribution in [3.63, 3.8) is 0 Å². The van der Waals surface area contributed by atoms with E-state index < -0.39 is 0 Å². The first-order valence-electron chi connectivity index (χ1n) is 7.25. The quantitative estimate of drug-likeness (QED) is 0.912. The van der Waals surface area contributed by atoms with E-state index in [9.17, 15) is 4.79 Å². The van der Waals surface area contributed by atoms with Crippen molar-refractivity contribution in [2.24, 2.45) is 0 Å². The number of hydrogen-bond acceptors (Lipinski definition) is 4. The highest BCUT2D eigenvalue weighted by atomic mass is 35.5. The molecule has 1 heterocycles. The molecule has 21 heavy (non-hydrogen) atoms. The van der Waals surface area contributed by atoms with Gasteiger partial charge in [-0.25, -0.2) is 0 Å². The van der Waals surface area contributed by atoms with Gasteiger partial charge in [-0.05, 0) is 56.3 Å². The molecule has 5 heteroatoms. The van der Waals surface area contributed by atoms with Crippen molar-refractivity contribution < 1.29 is 14.3 Å². The Hall–Kier alpha value is -1.26. The van der Waals surface area contributed by atoms with Gasteiger partial charge >= 0.3 is 0 Å². The summed E-state index contributed by atoms with van der Waals surface area (Å²) in [4.78, 5) is 12.9. The third-order valence-corrected chi connectivity index (χ3v) is 4.60. The second-order valence-corrected chi connectivity index (χ2v) is 5.66. The van der Waals surface area contributed by atoms with E-state index in [0.717, 1.165) is 49.8 Å². The fourth-order valence-electron chi connectivity index (χ4n) is 3.43. The molecule has 0 saturated carbocycles. The number of hydrogen-bond donors (Lipinski definition) is 1. The summed E-state index contributed by atoms with van der Waals surface area (Å²) in [7, 11) is 3.23. The van der Waals surface area contributed by atoms with Gasteiger partial charge in [-0.3, -0.25) is 4.79 Å². The van der Waals surface area contributed by atoms with Crippen LogP contribution in [0.3, 0.4) is 0 Å². The molecule has 0 bridgehead atoms. The Morgan fingerprint density at radius 3 is 2.43 bits per heavy atom. The Kier molecular flexibility index (Phi) is 4.79. The van der Waals surface area contributed by atoms with Crippen molar-refractivity contribution in [3.05, 3.63) is 23.3 Å². The molecule has 1 atom stereocenters. The van der Waals surface area contributed by atoms with Crippen molar-refractivity contribution >= 4 is 18.2 Å². The largest absolute Gasteiger partial charge is 0.493 e. The first-order chi connectivity index (χ1) is 9.70. The molecule has 1 aromatic carbocycles. The Morgan fingerprint density at radius 1 is 1.10 bits per heavy atom. The average Bonchev–Trinajstić information content (AvgIpc) is 2.51. The van der Waals surface area contributed by atoms with E-state index in [1.807, 2.05) is 12.1 Å². The van der Waals surface area contributed by atoms with Crippen LogP contribution in [0.5, 0.6) is 11.5 Å². The summed E-state index contributed by atoms with van der Waals surface area (Å²) in [5, 5.41) is 3.47. The number of benzene rings is 1. The van der Waals surface area contributed by atoms with Gasteiger partial charge in [-0.2, -0.15) is 0 Å². The Bertz CT molecular complexity index is 539. The highest BCUT2D eigenvalue weighted by molar-refractivity contribution is 6.06. The Morgan fingerprint density at radius 2 is 1.81 bits per heavy atom. The zero-order valence-corrected chi connectivity index (χ0v) is 13.3. The number of aryl methyl sites for hydroxylation is 1. The number of piperidine rings is 1. The maximum absolute atomic E-state index is 12.9. The number of ketones is 1. The van der Waals surface area contributed by atoms with E-state index in [2.05, 4.69) is 5.32 Å². The summed E-state index contributed by atoms with van der Waals surface area (Å²) in [5.41, 5.74) is 1.53. The number of ether oxygens (including phenoxy) is 2. The summed E-state index contributed by atoms with van der Waals surface area (Å²) in [6.45, 7) is 0.939. The van der Waals surface area contributed by atoms with Gasteiger partial charge < -0.3 is 14.8 Å². The normalized spacial score (nSPS) is 24.2. The van der Waals surface area contributed by atoms with Crippen LogP contribution in [0.1, 0.15) is 41.6 Å². The molecule has 1 aliphatic carbocycles. The maximum Gasteiger partial charge on any atom is 0.183 e. The monoisotopic (exact) mass is 311 g/mol. The molecule has 0 aromatic heterocycles. The molecule has 1 saturated heterocycles. The lowest BCUT2D eigenvalue weighted by molar-refractivity contribution is 0.0781. The van der Waals surface area contributed by atoms with E-state index in [-0.39, 0.29) is 23.7 Å². The van der Waals surface area contributed by atoms with Gasteiger partial charge in [-0.1, -0.05) is 0 Å². The fourth-order valence-corrected chi connectivity index (χ4v) is 3.43. The zero-order chi connectivity index (χ0) is 14.2. The Balaban J connectivity index is 0.00000161. The van der Waals surface area contributed by atoms with Crippen molar-refractivity contribution in [2.75, 3.05) is 20.8 Å². The minimum atomic E-state index is -0.342. The number of halogens is 1. The van der Waals surface area contributed by atoms with Gasteiger partial charge in [0.25, 0.3) is 0 Å². The van der Waals surface area contributed by atoms with Crippen LogP contribution in [0.25, 0.3) is 0 Å². The van der Waals surface area contributed by atoms with Crippen molar-refractivity contribution in [3.8, 4) is 11.5 Å². The van der Waals surface area contributed by atoms with E-state index >= 15 is 0 Å². The first-order valence-corrected chi connectivity index (χ1v) is 7.25. The molecule has 116 valence electrons. The van der Waals surface area contributed by atoms with Gasteiger partial charge in [0, 0.05) is 5.56 Å². The molecule has 2 aliphatic rings. The van der Waals surface area contributed by atoms with Crippen LogP contribution in [0.15, 0.2) is 12.1 Å². The third kappa shape index (κ3) is 2.62. The number of carbonyl (C=O) groups excluding carboxylic acids is 1. The predicted octanol–water partition coefficient (Wildman–Crippen LogP) is 2.77. The van der Waals surface area contributed by atoms with Gasteiger partial charge in [-0.15, -0.1) is 12.4 Å². The lowest BCUT2D eigenvalue weighted by Gasteiger charge is -2.40. The van der Waals surface area contributed by atoms with Gasteiger partial charge in [0.15, 0.2) is 17.3 Å². The maximum atomic E-state index is 12.9. The SMILES string of the molecule is COc1cc2c(cc1OC)C(=O)C1(CCCCN1)CC2.Cl. The first kappa shape index (κ1) is 16.1. The van der Waals surface area contributed by atoms with Crippen LogP contribution in [-0.4, -0.2) is 32.1 Å². The predicted molar refractivity (Wildman–Crippen MR) is 84.0 cm³/mol. The number of nitrogens with one attached hydrogen (secondary N) is 1. The highest BCUT2D eigenvalue weighted by Gasteiger charge is 2.43. The topological polar surface area (TPSA) is 47.6 Å². The molecule has 4 nitrogen and oxygen atoms in total. The van der Waals surface area contributed by atoms with E-state index in [0.29, 0.717) is 11.5 Å². The molecule has 3 rings (SSSR count). The molecule has 1 fully saturated rings. The van der Waals surface area contributed by atoms with Crippen LogP contribution in [-0.2, 0) is 6.42 Å². The van der Waals surface area contributed by atoms with E-state index in [1.165, 1.54) is 0 Å². The molecule has 1 spiro atoms. The Labute approximate surface area is 131 Å². The van der Waals surface area contributed by atoms with E-state index in [1.54, 1.807) is 14.2 Å². The van der Waals surface area contributed by atoms with Crippen molar-refractivity contribution in [1.82, 2.24) is 5.32 Å². The summed E-state index contributed by atoms with van der Waals surface area (Å²) < 4.78 is 10.7. The smallest absolute Gasteiger partial charge is 0.183 e. The molecule has 0 radical (unpaired) electrons. The van der Waals surface area contributed by atoms with Crippen LogP contribution in [0, 0.1) is 0 Å². The molecule has 1 unspecified atom stereocenters. The summed E-state index contributed by atoms with van der Waals surface area (Å²) in [5.74, 6) is 1.55. The second kappa shape index (κ2) is 6.24. The molecule has 1 aromatic rings. The molecule has 0 amide bonds. The van der Waals surface area contributed by atoms with Crippen molar-refractivity contribution in [2.45, 2.75) is 37.6 Å². The minimum Gasteiger partial charge on any atom is -0.493 e. The number of Topliss-reactive ketones (excluding diaryl/α,β-unsaturated/α-hetero) is 1. The number of rotatable bonds is 2. The fraction of sp³-hybridized carbons (Fsp3) is 0.562. The lowest BCUT2D eigenvalue weighted by atomic mass is 9.72. The lowest BCUT2D eigenvalue weighted by Crippen LogP contribution is -2.56. The third-order valence-electron chi connectivity index (χ3n) is 4.60. The zero-order valence-electron chi connectivity index (χ0n) is 12.5. The standard InChI is InChI=1S/C16H21NO3.ClH/c1-19-13-9-11-5-7-16(6-3-4-8-17-16)15(18)12(11)10-14(13)20-2;/h9-10,17H,3-8H2,1-2H3;1H.